The van der Waals surface area contributed by atoms with Crippen LogP contribution in [0.5, 0.6) is 0 Å². The first-order valence-electron chi connectivity index (χ1n) is 3.97. The molecule has 0 aromatic carbocycles. The smallest absolute Gasteiger partial charge is 0.333 e. The van der Waals surface area contributed by atoms with Crippen molar-refractivity contribution in [3.8, 4) is 0 Å². The van der Waals surface area contributed by atoms with Gasteiger partial charge in [0.25, 0.3) is 0 Å². The van der Waals surface area contributed by atoms with Crippen LogP contribution in [0.15, 0.2) is 12.2 Å². The summed E-state index contributed by atoms with van der Waals surface area (Å²) < 4.78 is 10.3. The molecule has 12 heavy (non-hydrogen) atoms. The molecule has 0 rings (SSSR count). The van der Waals surface area contributed by atoms with Crippen molar-refractivity contribution in [1.29, 1.82) is 0 Å². The van der Waals surface area contributed by atoms with E-state index in [2.05, 4.69) is 6.58 Å². The summed E-state index contributed by atoms with van der Waals surface area (Å²) in [6.45, 7) is 7.15. The lowest BCUT2D eigenvalue weighted by Crippen LogP contribution is -2.25. The van der Waals surface area contributed by atoms with Gasteiger partial charge in [-0.15, -0.1) is 0 Å². The molecule has 0 spiro atoms. The van der Waals surface area contributed by atoms with E-state index in [0.717, 1.165) is 16.9 Å². The van der Waals surface area contributed by atoms with Gasteiger partial charge in [-0.25, -0.2) is 4.79 Å². The minimum absolute atomic E-state index is 0.0201. The second kappa shape index (κ2) is 6.16. The molecule has 70 valence electrons. The van der Waals surface area contributed by atoms with Crippen molar-refractivity contribution in [2.24, 2.45) is 0 Å². The van der Waals surface area contributed by atoms with E-state index in [1.807, 2.05) is 6.92 Å². The van der Waals surface area contributed by atoms with Gasteiger partial charge >= 0.3 is 5.97 Å². The van der Waals surface area contributed by atoms with Crippen LogP contribution in [-0.2, 0) is 13.6 Å². The van der Waals surface area contributed by atoms with E-state index in [0.29, 0.717) is 5.57 Å². The SMILES string of the molecule is C=C(C)C(=O)OC(CC)[SiH2]O[SiH3]. The summed E-state index contributed by atoms with van der Waals surface area (Å²) in [5.41, 5.74) is 0.475. The predicted molar refractivity (Wildman–Crippen MR) is 54.6 cm³/mol. The van der Waals surface area contributed by atoms with Gasteiger partial charge in [-0.05, 0) is 13.3 Å². The zero-order valence-corrected chi connectivity index (χ0v) is 11.3. The molecule has 0 fully saturated rings. The molecule has 0 aliphatic carbocycles. The number of carbonyl (C=O) groups excluding carboxylic acids is 1. The zero-order valence-electron chi connectivity index (χ0n) is 7.92. The summed E-state index contributed by atoms with van der Waals surface area (Å²) in [6.07, 6.45) is 0.841. The Kier molecular flexibility index (Phi) is 5.95. The third-order valence-electron chi connectivity index (χ3n) is 1.43. The molecule has 0 aromatic rings. The molecule has 1 atom stereocenters. The fraction of sp³-hybridized carbons (Fsp3) is 0.571. The van der Waals surface area contributed by atoms with Crippen molar-refractivity contribution in [3.05, 3.63) is 12.2 Å². The van der Waals surface area contributed by atoms with Gasteiger partial charge in [0.15, 0.2) is 9.76 Å². The van der Waals surface area contributed by atoms with Crippen LogP contribution in [0.25, 0.3) is 0 Å². The predicted octanol–water partition coefficient (Wildman–Crippen LogP) is -0.777. The van der Waals surface area contributed by atoms with Crippen molar-refractivity contribution in [1.82, 2.24) is 0 Å². The highest BCUT2D eigenvalue weighted by molar-refractivity contribution is 6.36. The first kappa shape index (κ1) is 11.6. The number of ether oxygens (including phenoxy) is 1. The maximum atomic E-state index is 11.0. The van der Waals surface area contributed by atoms with E-state index >= 15 is 0 Å². The highest BCUT2D eigenvalue weighted by Crippen LogP contribution is 2.01. The Morgan fingerprint density at radius 2 is 2.33 bits per heavy atom. The van der Waals surface area contributed by atoms with Gasteiger partial charge in [0.2, 0.25) is 0 Å². The lowest BCUT2D eigenvalue weighted by Gasteiger charge is -2.14. The van der Waals surface area contributed by atoms with E-state index < -0.39 is 9.76 Å². The van der Waals surface area contributed by atoms with Crippen molar-refractivity contribution in [2.75, 3.05) is 0 Å². The van der Waals surface area contributed by atoms with Crippen LogP contribution in [-0.4, -0.2) is 31.9 Å². The van der Waals surface area contributed by atoms with E-state index in [4.69, 9.17) is 8.85 Å². The summed E-state index contributed by atoms with van der Waals surface area (Å²) in [6, 6.07) is 0. The highest BCUT2D eigenvalue weighted by Gasteiger charge is 2.12. The Morgan fingerprint density at radius 1 is 1.75 bits per heavy atom. The van der Waals surface area contributed by atoms with Gasteiger partial charge in [0.1, 0.15) is 16.2 Å². The van der Waals surface area contributed by atoms with Crippen LogP contribution in [0.4, 0.5) is 0 Å². The van der Waals surface area contributed by atoms with E-state index in [-0.39, 0.29) is 11.7 Å². The molecular formula is C7H16O3Si2. The lowest BCUT2D eigenvalue weighted by atomic mass is 10.4. The number of hydrogen-bond acceptors (Lipinski definition) is 3. The summed E-state index contributed by atoms with van der Waals surface area (Å²) >= 11 is 0. The Hall–Kier alpha value is -0.396. The van der Waals surface area contributed by atoms with Crippen molar-refractivity contribution in [2.45, 2.75) is 26.0 Å². The summed E-state index contributed by atoms with van der Waals surface area (Å²) in [7, 11) is 0.0746. The van der Waals surface area contributed by atoms with Crippen molar-refractivity contribution in [3.63, 3.8) is 0 Å². The summed E-state index contributed by atoms with van der Waals surface area (Å²) in [5, 5.41) is 0. The molecule has 0 bridgehead atoms. The van der Waals surface area contributed by atoms with E-state index in [1.54, 1.807) is 6.92 Å². The molecule has 5 heteroatoms. The maximum Gasteiger partial charge on any atom is 0.333 e. The fourth-order valence-electron chi connectivity index (χ4n) is 0.673. The van der Waals surface area contributed by atoms with Gasteiger partial charge in [0, 0.05) is 5.57 Å². The second-order valence-electron chi connectivity index (χ2n) is 2.67. The first-order valence-corrected chi connectivity index (χ1v) is 6.18. The highest BCUT2D eigenvalue weighted by atomic mass is 28.3. The fourth-order valence-corrected chi connectivity index (χ4v) is 2.62. The second-order valence-corrected chi connectivity index (χ2v) is 6.22. The Labute approximate surface area is 78.6 Å². The molecule has 0 N–H and O–H groups in total. The third-order valence-corrected chi connectivity index (χ3v) is 3.88. The quantitative estimate of drug-likeness (QED) is 0.335. The molecule has 3 nitrogen and oxygen atoms in total. The van der Waals surface area contributed by atoms with Crippen LogP contribution >= 0.6 is 0 Å². The van der Waals surface area contributed by atoms with E-state index in [9.17, 15) is 4.79 Å². The number of esters is 1. The number of carbonyl (C=O) groups is 1. The normalized spacial score (nSPS) is 13.5. The van der Waals surface area contributed by atoms with Crippen LogP contribution in [0, 0.1) is 0 Å². The Balaban J connectivity index is 3.85. The standard InChI is InChI=1S/C7H16O3Si2/c1-4-6(12-10-11)9-7(8)5(2)3/h6H,2,4,12H2,1,3,11H3. The number of hydrogen-bond donors (Lipinski definition) is 0. The van der Waals surface area contributed by atoms with E-state index in [1.165, 1.54) is 0 Å². The van der Waals surface area contributed by atoms with Crippen molar-refractivity contribution >= 4 is 26.2 Å². The van der Waals surface area contributed by atoms with Gasteiger partial charge in [-0.1, -0.05) is 13.5 Å². The largest absolute Gasteiger partial charge is 0.465 e. The molecule has 0 saturated heterocycles. The van der Waals surface area contributed by atoms with Crippen LogP contribution in [0.1, 0.15) is 20.3 Å². The summed E-state index contributed by atoms with van der Waals surface area (Å²) in [5.74, 6) is -0.298. The maximum absolute atomic E-state index is 11.0. The van der Waals surface area contributed by atoms with Crippen LogP contribution in [0.3, 0.4) is 0 Å². The monoisotopic (exact) mass is 204 g/mol. The van der Waals surface area contributed by atoms with Crippen LogP contribution < -0.4 is 0 Å². The molecule has 1 unspecified atom stereocenters. The van der Waals surface area contributed by atoms with Gasteiger partial charge in [0.05, 0.1) is 0 Å². The topological polar surface area (TPSA) is 35.5 Å². The molecule has 0 radical (unpaired) electrons. The first-order chi connectivity index (χ1) is 5.61. The minimum Gasteiger partial charge on any atom is -0.465 e. The molecule has 0 aliphatic rings. The molecule has 0 heterocycles. The zero-order chi connectivity index (χ0) is 9.56. The molecule has 0 aromatic heterocycles. The van der Waals surface area contributed by atoms with Gasteiger partial charge in [-0.2, -0.15) is 0 Å². The average molecular weight is 204 g/mol. The molecule has 0 saturated carbocycles. The van der Waals surface area contributed by atoms with Gasteiger partial charge in [-0.3, -0.25) is 0 Å². The van der Waals surface area contributed by atoms with Crippen molar-refractivity contribution < 1.29 is 13.6 Å². The minimum atomic E-state index is -0.662. The van der Waals surface area contributed by atoms with Crippen LogP contribution in [0.2, 0.25) is 0 Å². The molecular weight excluding hydrogens is 188 g/mol. The number of rotatable bonds is 5. The Bertz CT molecular complexity index is 170. The third kappa shape index (κ3) is 4.48. The summed E-state index contributed by atoms with van der Waals surface area (Å²) in [4.78, 5) is 11.0. The Morgan fingerprint density at radius 3 is 2.67 bits per heavy atom. The molecule has 0 aliphatic heterocycles. The average Bonchev–Trinajstić information content (AvgIpc) is 2.03. The molecule has 0 amide bonds. The van der Waals surface area contributed by atoms with Gasteiger partial charge < -0.3 is 8.85 Å². The lowest BCUT2D eigenvalue weighted by molar-refractivity contribution is -0.141.